The molecule has 24 heavy (non-hydrogen) atoms. The fourth-order valence-corrected chi connectivity index (χ4v) is 2.18. The molecule has 0 bridgehead atoms. The summed E-state index contributed by atoms with van der Waals surface area (Å²) < 4.78 is 38.5. The highest BCUT2D eigenvalue weighted by Crippen LogP contribution is 2.36. The third-order valence-corrected chi connectivity index (χ3v) is 3.68. The third kappa shape index (κ3) is 3.94. The molecule has 1 aromatic heterocycles. The zero-order chi connectivity index (χ0) is 17.3. The van der Waals surface area contributed by atoms with Crippen molar-refractivity contribution in [1.29, 1.82) is 0 Å². The van der Waals surface area contributed by atoms with Crippen LogP contribution in [0.1, 0.15) is 28.8 Å². The van der Waals surface area contributed by atoms with Crippen LogP contribution in [0.2, 0.25) is 5.02 Å². The first-order valence-electron chi connectivity index (χ1n) is 7.09. The normalized spacial score (nSPS) is 14.3. The lowest BCUT2D eigenvalue weighted by atomic mass is 10.2. The Hall–Kier alpha value is -2.35. The van der Waals surface area contributed by atoms with Gasteiger partial charge in [0, 0.05) is 24.1 Å². The van der Waals surface area contributed by atoms with E-state index in [2.05, 4.69) is 20.6 Å². The van der Waals surface area contributed by atoms with Crippen LogP contribution in [-0.4, -0.2) is 21.9 Å². The first kappa shape index (κ1) is 16.5. The molecule has 2 N–H and O–H groups in total. The van der Waals surface area contributed by atoms with E-state index in [1.165, 1.54) is 18.5 Å². The Morgan fingerprint density at radius 1 is 1.21 bits per heavy atom. The molecule has 0 atom stereocenters. The third-order valence-electron chi connectivity index (χ3n) is 3.35. The molecule has 1 heterocycles. The van der Waals surface area contributed by atoms with Gasteiger partial charge in [-0.15, -0.1) is 0 Å². The molecular weight excluding hydrogens is 345 g/mol. The molecule has 9 heteroatoms. The molecule has 0 spiro atoms. The van der Waals surface area contributed by atoms with Gasteiger partial charge in [0.15, 0.2) is 0 Å². The van der Waals surface area contributed by atoms with Crippen molar-refractivity contribution in [2.45, 2.75) is 25.1 Å². The second-order valence-corrected chi connectivity index (χ2v) is 5.77. The molecule has 1 amide bonds. The second-order valence-electron chi connectivity index (χ2n) is 5.36. The van der Waals surface area contributed by atoms with E-state index in [-0.39, 0.29) is 28.6 Å². The summed E-state index contributed by atoms with van der Waals surface area (Å²) in [6.45, 7) is 0. The molecule has 1 saturated carbocycles. The van der Waals surface area contributed by atoms with E-state index >= 15 is 0 Å². The number of hydrogen-bond donors (Lipinski definition) is 2. The Bertz CT molecular complexity index is 760. The van der Waals surface area contributed by atoms with E-state index in [4.69, 9.17) is 11.6 Å². The average Bonchev–Trinajstić information content (AvgIpc) is 3.33. The van der Waals surface area contributed by atoms with Crippen molar-refractivity contribution in [2.24, 2.45) is 0 Å². The van der Waals surface area contributed by atoms with Gasteiger partial charge in [-0.2, -0.15) is 13.2 Å². The zero-order valence-electron chi connectivity index (χ0n) is 12.2. The Balaban J connectivity index is 1.73. The van der Waals surface area contributed by atoms with E-state index in [9.17, 15) is 18.0 Å². The van der Waals surface area contributed by atoms with E-state index < -0.39 is 11.7 Å². The van der Waals surface area contributed by atoms with Crippen molar-refractivity contribution in [3.63, 3.8) is 0 Å². The van der Waals surface area contributed by atoms with Gasteiger partial charge in [-0.05, 0) is 31.0 Å². The minimum atomic E-state index is -4.56. The highest BCUT2D eigenvalue weighted by molar-refractivity contribution is 6.31. The Labute approximate surface area is 140 Å². The lowest BCUT2D eigenvalue weighted by molar-refractivity contribution is -0.137. The quantitative estimate of drug-likeness (QED) is 0.874. The van der Waals surface area contributed by atoms with Crippen molar-refractivity contribution in [3.05, 3.63) is 46.7 Å². The molecule has 126 valence electrons. The van der Waals surface area contributed by atoms with Crippen LogP contribution >= 0.6 is 11.6 Å². The Morgan fingerprint density at radius 2 is 1.88 bits per heavy atom. The van der Waals surface area contributed by atoms with Crippen LogP contribution in [0.3, 0.4) is 0 Å². The summed E-state index contributed by atoms with van der Waals surface area (Å²) in [5.41, 5.74) is -0.518. The summed E-state index contributed by atoms with van der Waals surface area (Å²) in [6.07, 6.45) is -0.00363. The minimum Gasteiger partial charge on any atom is -0.349 e. The summed E-state index contributed by atoms with van der Waals surface area (Å²) in [7, 11) is 0. The smallest absolute Gasteiger partial charge is 0.349 e. The van der Waals surface area contributed by atoms with E-state index in [1.807, 2.05) is 0 Å². The van der Waals surface area contributed by atoms with Gasteiger partial charge in [-0.25, -0.2) is 9.97 Å². The van der Waals surface area contributed by atoms with Crippen LogP contribution in [0.15, 0.2) is 30.6 Å². The van der Waals surface area contributed by atoms with E-state index in [0.29, 0.717) is 5.56 Å². The number of rotatable bonds is 4. The van der Waals surface area contributed by atoms with Crippen LogP contribution in [0.25, 0.3) is 0 Å². The van der Waals surface area contributed by atoms with Gasteiger partial charge >= 0.3 is 6.18 Å². The zero-order valence-corrected chi connectivity index (χ0v) is 12.9. The highest BCUT2D eigenvalue weighted by Gasteiger charge is 2.33. The van der Waals surface area contributed by atoms with Crippen LogP contribution in [-0.2, 0) is 6.18 Å². The maximum atomic E-state index is 12.8. The number of halogens is 4. The maximum Gasteiger partial charge on any atom is 0.417 e. The molecule has 0 radical (unpaired) electrons. The lowest BCUT2D eigenvalue weighted by Crippen LogP contribution is -2.25. The Kier molecular flexibility index (Phi) is 4.31. The van der Waals surface area contributed by atoms with Crippen molar-refractivity contribution >= 4 is 29.1 Å². The Morgan fingerprint density at radius 3 is 2.46 bits per heavy atom. The molecule has 1 fully saturated rings. The number of nitrogens with one attached hydrogen (secondary N) is 2. The van der Waals surface area contributed by atoms with Gasteiger partial charge < -0.3 is 10.6 Å². The van der Waals surface area contributed by atoms with E-state index in [1.54, 1.807) is 0 Å². The van der Waals surface area contributed by atoms with Crippen LogP contribution in [0, 0.1) is 0 Å². The number of hydrogen-bond acceptors (Lipinski definition) is 4. The molecular formula is C15H12ClF3N4O. The molecule has 0 aliphatic heterocycles. The number of anilines is 2. The number of alkyl halides is 3. The topological polar surface area (TPSA) is 66.9 Å². The maximum absolute atomic E-state index is 12.8. The van der Waals surface area contributed by atoms with Crippen molar-refractivity contribution in [1.82, 2.24) is 15.3 Å². The SMILES string of the molecule is O=C(NC1CC1)c1cnc(Nc2ccc(Cl)c(C(F)(F)F)c2)nc1. The number of benzene rings is 1. The van der Waals surface area contributed by atoms with Gasteiger partial charge in [0.1, 0.15) is 0 Å². The molecule has 0 saturated heterocycles. The predicted molar refractivity (Wildman–Crippen MR) is 82.3 cm³/mol. The van der Waals surface area contributed by atoms with Crippen LogP contribution in [0.4, 0.5) is 24.8 Å². The number of nitrogens with zero attached hydrogens (tertiary/aromatic N) is 2. The van der Waals surface area contributed by atoms with Gasteiger partial charge in [-0.1, -0.05) is 11.6 Å². The molecule has 2 aromatic rings. The summed E-state index contributed by atoms with van der Waals surface area (Å²) >= 11 is 5.56. The highest BCUT2D eigenvalue weighted by atomic mass is 35.5. The summed E-state index contributed by atoms with van der Waals surface area (Å²) in [6, 6.07) is 3.61. The van der Waals surface area contributed by atoms with Gasteiger partial charge in [0.05, 0.1) is 16.1 Å². The molecule has 3 rings (SSSR count). The molecule has 1 aliphatic rings. The molecule has 0 unspecified atom stereocenters. The predicted octanol–water partition coefficient (Wildman–Crippen LogP) is 3.78. The molecule has 1 aliphatic carbocycles. The largest absolute Gasteiger partial charge is 0.417 e. The fraction of sp³-hybridized carbons (Fsp3) is 0.267. The average molecular weight is 357 g/mol. The van der Waals surface area contributed by atoms with Crippen molar-refractivity contribution in [2.75, 3.05) is 5.32 Å². The first-order chi connectivity index (χ1) is 11.3. The van der Waals surface area contributed by atoms with Crippen molar-refractivity contribution in [3.8, 4) is 0 Å². The van der Waals surface area contributed by atoms with E-state index in [0.717, 1.165) is 25.0 Å². The molecule has 5 nitrogen and oxygen atoms in total. The second kappa shape index (κ2) is 6.27. The fourth-order valence-electron chi connectivity index (χ4n) is 1.96. The van der Waals surface area contributed by atoms with Gasteiger partial charge in [0.2, 0.25) is 5.95 Å². The monoisotopic (exact) mass is 356 g/mol. The van der Waals surface area contributed by atoms with Crippen LogP contribution < -0.4 is 10.6 Å². The molecule has 1 aromatic carbocycles. The lowest BCUT2D eigenvalue weighted by Gasteiger charge is -2.11. The minimum absolute atomic E-state index is 0.0772. The van der Waals surface area contributed by atoms with Gasteiger partial charge in [0.25, 0.3) is 5.91 Å². The first-order valence-corrected chi connectivity index (χ1v) is 7.47. The van der Waals surface area contributed by atoms with Crippen LogP contribution in [0.5, 0.6) is 0 Å². The standard InChI is InChI=1S/C15H12ClF3N4O/c16-12-4-3-10(5-11(12)15(17,18)19)23-14-20-6-8(7-21-14)13(24)22-9-1-2-9/h3-7,9H,1-2H2,(H,22,24)(H,20,21,23). The number of carbonyl (C=O) groups excluding carboxylic acids is 1. The summed E-state index contributed by atoms with van der Waals surface area (Å²) in [4.78, 5) is 19.7. The summed E-state index contributed by atoms with van der Waals surface area (Å²) in [5, 5.41) is 5.05. The number of amides is 1. The summed E-state index contributed by atoms with van der Waals surface area (Å²) in [5.74, 6) is -0.191. The number of carbonyl (C=O) groups is 1. The van der Waals surface area contributed by atoms with Gasteiger partial charge in [-0.3, -0.25) is 4.79 Å². The number of aromatic nitrogens is 2. The van der Waals surface area contributed by atoms with Crippen molar-refractivity contribution < 1.29 is 18.0 Å².